The molecule has 1 aromatic heterocycles. The standard InChI is InChI=1S/C16H28N4/c1-2-4-15(5-3-1)20(16-6-8-17-9-7-16)13-12-19-11-10-18-14-19/h10-11,14-17H,1-9,12-13H2. The molecule has 1 saturated carbocycles. The van der Waals surface area contributed by atoms with E-state index in [-0.39, 0.29) is 0 Å². The first-order chi connectivity index (χ1) is 9.93. The van der Waals surface area contributed by atoms with Crippen molar-refractivity contribution in [3.05, 3.63) is 18.7 Å². The molecule has 0 unspecified atom stereocenters. The predicted octanol–water partition coefficient (Wildman–Crippen LogP) is 2.27. The van der Waals surface area contributed by atoms with Crippen LogP contribution >= 0.6 is 0 Å². The van der Waals surface area contributed by atoms with Gasteiger partial charge in [-0.1, -0.05) is 19.3 Å². The SMILES string of the molecule is c1cn(CCN(C2CCCCC2)C2CCNCC2)cn1. The Morgan fingerprint density at radius 1 is 1.05 bits per heavy atom. The normalized spacial score (nSPS) is 22.4. The Morgan fingerprint density at radius 2 is 1.80 bits per heavy atom. The van der Waals surface area contributed by atoms with Gasteiger partial charge in [-0.15, -0.1) is 0 Å². The number of hydrogen-bond acceptors (Lipinski definition) is 3. The molecule has 1 saturated heterocycles. The highest BCUT2D eigenvalue weighted by Gasteiger charge is 2.28. The van der Waals surface area contributed by atoms with Crippen LogP contribution in [-0.2, 0) is 6.54 Å². The third-order valence-electron chi connectivity index (χ3n) is 5.00. The summed E-state index contributed by atoms with van der Waals surface area (Å²) in [5, 5.41) is 3.50. The molecule has 1 aromatic rings. The minimum Gasteiger partial charge on any atom is -0.336 e. The number of hydrogen-bond donors (Lipinski definition) is 1. The van der Waals surface area contributed by atoms with Crippen molar-refractivity contribution in [2.75, 3.05) is 19.6 Å². The van der Waals surface area contributed by atoms with Gasteiger partial charge in [0.15, 0.2) is 0 Å². The second kappa shape index (κ2) is 7.23. The Kier molecular flexibility index (Phi) is 5.09. The van der Waals surface area contributed by atoms with Crippen LogP contribution in [0.2, 0.25) is 0 Å². The monoisotopic (exact) mass is 276 g/mol. The first kappa shape index (κ1) is 14.1. The van der Waals surface area contributed by atoms with Crippen LogP contribution < -0.4 is 5.32 Å². The van der Waals surface area contributed by atoms with E-state index in [0.717, 1.165) is 18.6 Å². The molecule has 3 rings (SSSR count). The minimum absolute atomic E-state index is 0.794. The van der Waals surface area contributed by atoms with E-state index in [1.165, 1.54) is 64.6 Å². The highest BCUT2D eigenvalue weighted by atomic mass is 15.2. The van der Waals surface area contributed by atoms with Crippen LogP contribution in [0, 0.1) is 0 Å². The highest BCUT2D eigenvalue weighted by molar-refractivity contribution is 4.85. The van der Waals surface area contributed by atoms with Gasteiger partial charge < -0.3 is 9.88 Å². The fourth-order valence-corrected chi connectivity index (χ4v) is 3.86. The van der Waals surface area contributed by atoms with Crippen LogP contribution in [0.1, 0.15) is 44.9 Å². The number of nitrogens with zero attached hydrogens (tertiary/aromatic N) is 3. The van der Waals surface area contributed by atoms with E-state index in [2.05, 4.69) is 26.0 Å². The van der Waals surface area contributed by atoms with Gasteiger partial charge in [0.05, 0.1) is 6.33 Å². The Labute approximate surface area is 122 Å². The number of aromatic nitrogens is 2. The van der Waals surface area contributed by atoms with Crippen LogP contribution in [-0.4, -0.2) is 46.2 Å². The summed E-state index contributed by atoms with van der Waals surface area (Å²) in [6.07, 6.45) is 15.7. The van der Waals surface area contributed by atoms with Gasteiger partial charge in [-0.2, -0.15) is 0 Å². The zero-order valence-corrected chi connectivity index (χ0v) is 12.5. The maximum Gasteiger partial charge on any atom is 0.0946 e. The van der Waals surface area contributed by atoms with Gasteiger partial charge in [-0.25, -0.2) is 4.98 Å². The summed E-state index contributed by atoms with van der Waals surface area (Å²) in [4.78, 5) is 6.99. The fourth-order valence-electron chi connectivity index (χ4n) is 3.86. The van der Waals surface area contributed by atoms with Crippen molar-refractivity contribution in [3.8, 4) is 0 Å². The molecule has 1 aliphatic heterocycles. The van der Waals surface area contributed by atoms with Crippen LogP contribution in [0.3, 0.4) is 0 Å². The van der Waals surface area contributed by atoms with Crippen molar-refractivity contribution >= 4 is 0 Å². The molecule has 0 bridgehead atoms. The largest absolute Gasteiger partial charge is 0.336 e. The van der Waals surface area contributed by atoms with Gasteiger partial charge in [0.25, 0.3) is 0 Å². The number of piperidine rings is 1. The lowest BCUT2D eigenvalue weighted by molar-refractivity contribution is 0.0808. The third-order valence-corrected chi connectivity index (χ3v) is 5.00. The lowest BCUT2D eigenvalue weighted by Crippen LogP contribution is -2.49. The third kappa shape index (κ3) is 3.61. The van der Waals surface area contributed by atoms with E-state index >= 15 is 0 Å². The summed E-state index contributed by atoms with van der Waals surface area (Å²) in [6, 6.07) is 1.62. The van der Waals surface area contributed by atoms with Gasteiger partial charge in [-0.05, 0) is 38.8 Å². The summed E-state index contributed by atoms with van der Waals surface area (Å²) in [5.74, 6) is 0. The van der Waals surface area contributed by atoms with Gasteiger partial charge >= 0.3 is 0 Å². The maximum absolute atomic E-state index is 4.16. The van der Waals surface area contributed by atoms with Gasteiger partial charge in [0, 0.05) is 37.6 Å². The Balaban J connectivity index is 1.61. The van der Waals surface area contributed by atoms with Gasteiger partial charge in [0.2, 0.25) is 0 Å². The molecule has 0 spiro atoms. The lowest BCUT2D eigenvalue weighted by Gasteiger charge is -2.42. The van der Waals surface area contributed by atoms with E-state index in [0.29, 0.717) is 0 Å². The van der Waals surface area contributed by atoms with E-state index < -0.39 is 0 Å². The smallest absolute Gasteiger partial charge is 0.0946 e. The molecule has 2 fully saturated rings. The minimum atomic E-state index is 0.794. The van der Waals surface area contributed by atoms with Crippen LogP contribution in [0.25, 0.3) is 0 Å². The molecule has 4 nitrogen and oxygen atoms in total. The molecule has 20 heavy (non-hydrogen) atoms. The molecule has 1 N–H and O–H groups in total. The van der Waals surface area contributed by atoms with E-state index in [1.54, 1.807) is 0 Å². The molecular formula is C16H28N4. The molecule has 4 heteroatoms. The Hall–Kier alpha value is -0.870. The lowest BCUT2D eigenvalue weighted by atomic mass is 9.91. The highest BCUT2D eigenvalue weighted by Crippen LogP contribution is 2.26. The molecule has 2 aliphatic rings. The molecule has 1 aliphatic carbocycles. The summed E-state index contributed by atoms with van der Waals surface area (Å²) in [6.45, 7) is 4.66. The summed E-state index contributed by atoms with van der Waals surface area (Å²) in [7, 11) is 0. The molecule has 0 radical (unpaired) electrons. The molecular weight excluding hydrogens is 248 g/mol. The molecule has 2 heterocycles. The topological polar surface area (TPSA) is 33.1 Å². The second-order valence-electron chi connectivity index (χ2n) is 6.31. The Morgan fingerprint density at radius 3 is 2.50 bits per heavy atom. The van der Waals surface area contributed by atoms with E-state index in [1.807, 2.05) is 12.5 Å². The second-order valence-corrected chi connectivity index (χ2v) is 6.31. The van der Waals surface area contributed by atoms with Crippen LogP contribution in [0.4, 0.5) is 0 Å². The van der Waals surface area contributed by atoms with E-state index in [9.17, 15) is 0 Å². The van der Waals surface area contributed by atoms with Crippen molar-refractivity contribution in [2.45, 2.75) is 63.6 Å². The van der Waals surface area contributed by atoms with Crippen molar-refractivity contribution in [1.82, 2.24) is 19.8 Å². The van der Waals surface area contributed by atoms with Crippen LogP contribution in [0.5, 0.6) is 0 Å². The summed E-state index contributed by atoms with van der Waals surface area (Å²) < 4.78 is 2.22. The number of rotatable bonds is 5. The quantitative estimate of drug-likeness (QED) is 0.895. The summed E-state index contributed by atoms with van der Waals surface area (Å²) in [5.41, 5.74) is 0. The van der Waals surface area contributed by atoms with Crippen molar-refractivity contribution in [3.63, 3.8) is 0 Å². The zero-order chi connectivity index (χ0) is 13.6. The average molecular weight is 276 g/mol. The van der Waals surface area contributed by atoms with Crippen molar-refractivity contribution in [2.24, 2.45) is 0 Å². The fraction of sp³-hybridized carbons (Fsp3) is 0.812. The maximum atomic E-state index is 4.16. The molecule has 112 valence electrons. The zero-order valence-electron chi connectivity index (χ0n) is 12.5. The van der Waals surface area contributed by atoms with Crippen molar-refractivity contribution in [1.29, 1.82) is 0 Å². The predicted molar refractivity (Wildman–Crippen MR) is 81.7 cm³/mol. The number of nitrogens with one attached hydrogen (secondary N) is 1. The first-order valence-electron chi connectivity index (χ1n) is 8.36. The van der Waals surface area contributed by atoms with Gasteiger partial charge in [-0.3, -0.25) is 4.90 Å². The van der Waals surface area contributed by atoms with Crippen LogP contribution in [0.15, 0.2) is 18.7 Å². The number of imidazole rings is 1. The molecule has 0 aromatic carbocycles. The van der Waals surface area contributed by atoms with E-state index in [4.69, 9.17) is 0 Å². The van der Waals surface area contributed by atoms with Gasteiger partial charge in [0.1, 0.15) is 0 Å². The molecule has 0 atom stereocenters. The average Bonchev–Trinajstić information content (AvgIpc) is 3.03. The first-order valence-corrected chi connectivity index (χ1v) is 8.36. The Bertz CT molecular complexity index is 346. The van der Waals surface area contributed by atoms with Crippen molar-refractivity contribution < 1.29 is 0 Å². The molecule has 0 amide bonds. The summed E-state index contributed by atoms with van der Waals surface area (Å²) >= 11 is 0.